The standard InChI is InChI=1S/C17H21ClN4O/c1-12-16(10-20-21(12)2)17(23)19-9-13-7-8-22(11-13)15-5-3-14(18)4-6-15/h3-6,10,13H,7-9,11H2,1-2H3,(H,19,23). The number of hydrogen-bond donors (Lipinski definition) is 1. The molecule has 0 saturated carbocycles. The van der Waals surface area contributed by atoms with Crippen LogP contribution in [0.1, 0.15) is 22.5 Å². The fraction of sp³-hybridized carbons (Fsp3) is 0.412. The first-order chi connectivity index (χ1) is 11.0. The molecule has 1 aromatic carbocycles. The molecule has 1 amide bonds. The molecule has 5 nitrogen and oxygen atoms in total. The number of rotatable bonds is 4. The van der Waals surface area contributed by atoms with E-state index in [9.17, 15) is 4.79 Å². The average molecular weight is 333 g/mol. The Balaban J connectivity index is 1.53. The molecule has 0 bridgehead atoms. The molecule has 1 unspecified atom stereocenters. The van der Waals surface area contributed by atoms with E-state index in [-0.39, 0.29) is 5.91 Å². The second-order valence-electron chi connectivity index (χ2n) is 6.05. The van der Waals surface area contributed by atoms with Gasteiger partial charge in [-0.15, -0.1) is 0 Å². The second kappa shape index (κ2) is 6.62. The predicted octanol–water partition coefficient (Wildman–Crippen LogP) is 2.64. The number of halogens is 1. The Morgan fingerprint density at radius 1 is 1.39 bits per heavy atom. The summed E-state index contributed by atoms with van der Waals surface area (Å²) in [4.78, 5) is 14.6. The first kappa shape index (κ1) is 15.9. The van der Waals surface area contributed by atoms with Crippen LogP contribution in [0.15, 0.2) is 30.5 Å². The highest BCUT2D eigenvalue weighted by molar-refractivity contribution is 6.30. The summed E-state index contributed by atoms with van der Waals surface area (Å²) in [6.07, 6.45) is 2.70. The molecule has 2 aromatic rings. The number of anilines is 1. The van der Waals surface area contributed by atoms with Crippen molar-refractivity contribution in [1.29, 1.82) is 0 Å². The first-order valence-electron chi connectivity index (χ1n) is 7.82. The van der Waals surface area contributed by atoms with Crippen molar-refractivity contribution in [3.8, 4) is 0 Å². The summed E-state index contributed by atoms with van der Waals surface area (Å²) in [6, 6.07) is 7.92. The molecule has 0 radical (unpaired) electrons. The first-order valence-corrected chi connectivity index (χ1v) is 8.19. The minimum atomic E-state index is -0.0412. The molecule has 3 rings (SSSR count). The summed E-state index contributed by atoms with van der Waals surface area (Å²) in [5.74, 6) is 0.423. The molecular formula is C17H21ClN4O. The summed E-state index contributed by atoms with van der Waals surface area (Å²) >= 11 is 5.93. The van der Waals surface area contributed by atoms with Crippen LogP contribution in [0, 0.1) is 12.8 Å². The van der Waals surface area contributed by atoms with Crippen molar-refractivity contribution in [2.45, 2.75) is 13.3 Å². The van der Waals surface area contributed by atoms with Gasteiger partial charge < -0.3 is 10.2 Å². The molecule has 1 aliphatic rings. The summed E-state index contributed by atoms with van der Waals surface area (Å²) in [7, 11) is 1.84. The van der Waals surface area contributed by atoms with Crippen LogP contribution in [0.4, 0.5) is 5.69 Å². The summed E-state index contributed by atoms with van der Waals surface area (Å²) < 4.78 is 1.72. The van der Waals surface area contributed by atoms with Crippen LogP contribution in [-0.2, 0) is 7.05 Å². The number of nitrogens with one attached hydrogen (secondary N) is 1. The molecule has 1 aromatic heterocycles. The van der Waals surface area contributed by atoms with Gasteiger partial charge in [-0.1, -0.05) is 11.6 Å². The minimum Gasteiger partial charge on any atom is -0.371 e. The van der Waals surface area contributed by atoms with E-state index in [4.69, 9.17) is 11.6 Å². The number of carbonyl (C=O) groups excluding carboxylic acids is 1. The SMILES string of the molecule is Cc1c(C(=O)NCC2CCN(c3ccc(Cl)cc3)C2)cnn1C. The van der Waals surface area contributed by atoms with E-state index in [0.29, 0.717) is 18.0 Å². The zero-order chi connectivity index (χ0) is 16.4. The normalized spacial score (nSPS) is 17.5. The van der Waals surface area contributed by atoms with Gasteiger partial charge in [-0.05, 0) is 43.5 Å². The third-order valence-electron chi connectivity index (χ3n) is 4.51. The van der Waals surface area contributed by atoms with Crippen LogP contribution in [0.25, 0.3) is 0 Å². The Hall–Kier alpha value is -2.01. The number of carbonyl (C=O) groups is 1. The maximum absolute atomic E-state index is 12.2. The molecule has 1 N–H and O–H groups in total. The number of hydrogen-bond acceptors (Lipinski definition) is 3. The molecule has 0 aliphatic carbocycles. The van der Waals surface area contributed by atoms with Crippen molar-refractivity contribution in [2.24, 2.45) is 13.0 Å². The molecule has 0 spiro atoms. The monoisotopic (exact) mass is 332 g/mol. The Bertz CT molecular complexity index is 695. The van der Waals surface area contributed by atoms with Crippen LogP contribution in [0.2, 0.25) is 5.02 Å². The van der Waals surface area contributed by atoms with Crippen molar-refractivity contribution >= 4 is 23.2 Å². The van der Waals surface area contributed by atoms with Crippen LogP contribution in [0.3, 0.4) is 0 Å². The molecule has 1 saturated heterocycles. The van der Waals surface area contributed by atoms with Gasteiger partial charge in [-0.2, -0.15) is 5.10 Å². The van der Waals surface area contributed by atoms with Gasteiger partial charge in [0.15, 0.2) is 0 Å². The van der Waals surface area contributed by atoms with Gasteiger partial charge in [0.05, 0.1) is 11.8 Å². The maximum atomic E-state index is 12.2. The van der Waals surface area contributed by atoms with Crippen molar-refractivity contribution in [3.05, 3.63) is 46.7 Å². The maximum Gasteiger partial charge on any atom is 0.254 e. The Morgan fingerprint density at radius 3 is 2.78 bits per heavy atom. The zero-order valence-electron chi connectivity index (χ0n) is 13.4. The van der Waals surface area contributed by atoms with Crippen molar-refractivity contribution in [1.82, 2.24) is 15.1 Å². The van der Waals surface area contributed by atoms with Gasteiger partial charge in [-0.25, -0.2) is 0 Å². The smallest absolute Gasteiger partial charge is 0.254 e. The van der Waals surface area contributed by atoms with Gasteiger partial charge in [-0.3, -0.25) is 9.48 Å². The number of aromatic nitrogens is 2. The zero-order valence-corrected chi connectivity index (χ0v) is 14.2. The fourth-order valence-corrected chi connectivity index (χ4v) is 3.07. The van der Waals surface area contributed by atoms with E-state index in [1.54, 1.807) is 10.9 Å². The van der Waals surface area contributed by atoms with E-state index < -0.39 is 0 Å². The van der Waals surface area contributed by atoms with E-state index in [2.05, 4.69) is 15.3 Å². The lowest BCUT2D eigenvalue weighted by molar-refractivity contribution is 0.0947. The van der Waals surface area contributed by atoms with E-state index in [1.165, 1.54) is 5.69 Å². The van der Waals surface area contributed by atoms with Gasteiger partial charge in [0.25, 0.3) is 5.91 Å². The predicted molar refractivity (Wildman–Crippen MR) is 92.1 cm³/mol. The lowest BCUT2D eigenvalue weighted by Gasteiger charge is -2.19. The highest BCUT2D eigenvalue weighted by Gasteiger charge is 2.23. The third-order valence-corrected chi connectivity index (χ3v) is 4.76. The minimum absolute atomic E-state index is 0.0412. The number of amides is 1. The molecule has 122 valence electrons. The van der Waals surface area contributed by atoms with Gasteiger partial charge in [0, 0.05) is 43.1 Å². The molecule has 1 atom stereocenters. The quantitative estimate of drug-likeness (QED) is 0.936. The topological polar surface area (TPSA) is 50.2 Å². The molecule has 2 heterocycles. The van der Waals surface area contributed by atoms with Gasteiger partial charge >= 0.3 is 0 Å². The third kappa shape index (κ3) is 3.50. The van der Waals surface area contributed by atoms with E-state index >= 15 is 0 Å². The van der Waals surface area contributed by atoms with E-state index in [0.717, 1.165) is 30.2 Å². The molecule has 1 fully saturated rings. The number of nitrogens with zero attached hydrogens (tertiary/aromatic N) is 3. The lowest BCUT2D eigenvalue weighted by Crippen LogP contribution is -2.31. The van der Waals surface area contributed by atoms with Crippen molar-refractivity contribution in [2.75, 3.05) is 24.5 Å². The summed E-state index contributed by atoms with van der Waals surface area (Å²) in [5, 5.41) is 7.90. The molecule has 6 heteroatoms. The molecular weight excluding hydrogens is 312 g/mol. The summed E-state index contributed by atoms with van der Waals surface area (Å²) in [6.45, 7) is 4.55. The Labute approximate surface area is 141 Å². The number of aryl methyl sites for hydroxylation is 1. The van der Waals surface area contributed by atoms with Crippen LogP contribution in [0.5, 0.6) is 0 Å². The second-order valence-corrected chi connectivity index (χ2v) is 6.49. The largest absolute Gasteiger partial charge is 0.371 e. The number of benzene rings is 1. The fourth-order valence-electron chi connectivity index (χ4n) is 2.94. The highest BCUT2D eigenvalue weighted by atomic mass is 35.5. The van der Waals surface area contributed by atoms with Crippen LogP contribution < -0.4 is 10.2 Å². The molecule has 1 aliphatic heterocycles. The van der Waals surface area contributed by atoms with Gasteiger partial charge in [0.2, 0.25) is 0 Å². The Morgan fingerprint density at radius 2 is 2.13 bits per heavy atom. The lowest BCUT2D eigenvalue weighted by atomic mass is 10.1. The van der Waals surface area contributed by atoms with Crippen LogP contribution in [-0.4, -0.2) is 35.3 Å². The summed E-state index contributed by atoms with van der Waals surface area (Å²) in [5.41, 5.74) is 2.73. The Kier molecular flexibility index (Phi) is 4.57. The van der Waals surface area contributed by atoms with Gasteiger partial charge in [0.1, 0.15) is 0 Å². The molecule has 23 heavy (non-hydrogen) atoms. The highest BCUT2D eigenvalue weighted by Crippen LogP contribution is 2.24. The average Bonchev–Trinajstić information content (AvgIpc) is 3.14. The van der Waals surface area contributed by atoms with Crippen molar-refractivity contribution < 1.29 is 4.79 Å². The van der Waals surface area contributed by atoms with Crippen LogP contribution >= 0.6 is 11.6 Å². The van der Waals surface area contributed by atoms with Crippen molar-refractivity contribution in [3.63, 3.8) is 0 Å². The van der Waals surface area contributed by atoms with E-state index in [1.807, 2.05) is 38.2 Å².